The summed E-state index contributed by atoms with van der Waals surface area (Å²) in [6.07, 6.45) is 0. The molecule has 0 aromatic heterocycles. The van der Waals surface area contributed by atoms with Crippen LogP contribution in [0.15, 0.2) is 0 Å². The van der Waals surface area contributed by atoms with E-state index < -0.39 is 45.2 Å². The first kappa shape index (κ1) is 166. The summed E-state index contributed by atoms with van der Waals surface area (Å²) in [5.74, 6) is 0. The van der Waals surface area contributed by atoms with Gasteiger partial charge in [-0.3, -0.25) is 0 Å². The molecule has 0 radical (unpaired) electrons. The summed E-state index contributed by atoms with van der Waals surface area (Å²) in [7, 11) is -28.1. The number of rotatable bonds is 0. The third-order valence-electron chi connectivity index (χ3n) is 0. The first-order chi connectivity index (χ1) is 10.0. The van der Waals surface area contributed by atoms with Gasteiger partial charge in [0.25, 0.3) is 0 Å². The van der Waals surface area contributed by atoms with Gasteiger partial charge in [-0.15, -0.1) is 0 Å². The first-order valence-corrected chi connectivity index (χ1v) is 12.2. The second-order valence-corrected chi connectivity index (χ2v) is 7.50. The van der Waals surface area contributed by atoms with Gasteiger partial charge in [0.1, 0.15) is 0 Å². The minimum Gasteiger partial charge on any atom is -0.894 e. The van der Waals surface area contributed by atoms with Gasteiger partial charge in [-0.1, -0.05) is 0 Å². The van der Waals surface area contributed by atoms with Crippen LogP contribution in [-0.2, 0) is 0 Å². The van der Waals surface area contributed by atoms with E-state index in [1.807, 2.05) is 0 Å². The van der Waals surface area contributed by atoms with Crippen LogP contribution in [0, 0.1) is 0 Å². The van der Waals surface area contributed by atoms with Crippen LogP contribution in [-0.4, -0.2) is 45.2 Å². The molecular formula is Na20O20Si5. The van der Waals surface area contributed by atoms with Gasteiger partial charge >= 0.3 is 591 Å². The van der Waals surface area contributed by atoms with Crippen molar-refractivity contribution in [3.63, 3.8) is 0 Å². The SMILES string of the molecule is [Na+].[Na+].[Na+].[Na+].[Na+].[Na+].[Na+].[Na+].[Na+].[Na+].[Na+].[Na+].[Na+].[Na+].[Na+].[Na+].[Na+].[Na+].[Na+].[Na+].[O-][Si]([O-])([O-])[O-].[O-][Si]([O-])([O-])[O-].[O-][Si]([O-])([O-])[O-].[O-][Si]([O-])([O-])[O-].[O-][Si]([O-])([O-])[O-]. The van der Waals surface area contributed by atoms with Crippen LogP contribution in [0.5, 0.6) is 0 Å². The van der Waals surface area contributed by atoms with E-state index in [9.17, 15) is 0 Å². The van der Waals surface area contributed by atoms with Crippen LogP contribution in [0.1, 0.15) is 0 Å². The van der Waals surface area contributed by atoms with Crippen LogP contribution in [0.4, 0.5) is 0 Å². The molecule has 0 aromatic carbocycles. The van der Waals surface area contributed by atoms with E-state index in [-0.39, 0.29) is 591 Å². The molecule has 0 atom stereocenters. The minimum atomic E-state index is -5.61. The molecule has 0 aromatic rings. The Kier molecular flexibility index (Phi) is 376. The van der Waals surface area contributed by atoms with Crippen molar-refractivity contribution in [1.29, 1.82) is 0 Å². The molecule has 0 saturated carbocycles. The molecule has 0 saturated heterocycles. The molecule has 0 aliphatic carbocycles. The summed E-state index contributed by atoms with van der Waals surface area (Å²) in [5, 5.41) is 0. The molecule has 0 bridgehead atoms. The van der Waals surface area contributed by atoms with Crippen LogP contribution in [0.2, 0.25) is 0 Å². The van der Waals surface area contributed by atoms with Gasteiger partial charge in [0.2, 0.25) is 0 Å². The van der Waals surface area contributed by atoms with E-state index >= 15 is 0 Å². The summed E-state index contributed by atoms with van der Waals surface area (Å²) >= 11 is 0. The zero-order chi connectivity index (χ0) is 22.5. The van der Waals surface area contributed by atoms with Gasteiger partial charge < -0.3 is 141 Å². The minimum absolute atomic E-state index is 0. The Morgan fingerprint density at radius 3 is 0.111 bits per heavy atom. The van der Waals surface area contributed by atoms with E-state index in [1.54, 1.807) is 0 Å². The predicted octanol–water partition coefficient (Wildman–Crippen LogP) is -85.6. The van der Waals surface area contributed by atoms with Crippen LogP contribution in [0.3, 0.4) is 0 Å². The number of hydrogen-bond acceptors (Lipinski definition) is 20. The van der Waals surface area contributed by atoms with E-state index in [4.69, 9.17) is 95.9 Å². The molecule has 0 N–H and O–H groups in total. The fourth-order valence-corrected chi connectivity index (χ4v) is 0. The van der Waals surface area contributed by atoms with Gasteiger partial charge in [0, 0.05) is 0 Å². The first-order valence-electron chi connectivity index (χ1n) is 4.08. The van der Waals surface area contributed by atoms with Crippen molar-refractivity contribution in [1.82, 2.24) is 0 Å². The third kappa shape index (κ3) is 606. The molecule has 0 heterocycles. The summed E-state index contributed by atoms with van der Waals surface area (Å²) in [5.41, 5.74) is 0. The topological polar surface area (TPSA) is 461 Å². The molecular weight excluding hydrogens is 920 g/mol. The maximum absolute atomic E-state index is 8.58. The fraction of sp³-hybridized carbons (Fsp3) is 0. The largest absolute Gasteiger partial charge is 1.00 e. The van der Waals surface area contributed by atoms with Crippen molar-refractivity contribution in [3.05, 3.63) is 0 Å². The molecule has 0 unspecified atom stereocenters. The molecule has 45 heteroatoms. The van der Waals surface area contributed by atoms with Gasteiger partial charge in [-0.05, 0) is 0 Å². The Morgan fingerprint density at radius 1 is 0.111 bits per heavy atom. The smallest absolute Gasteiger partial charge is 0.894 e. The summed E-state index contributed by atoms with van der Waals surface area (Å²) in [6.45, 7) is 0. The molecule has 0 aliphatic heterocycles. The van der Waals surface area contributed by atoms with Gasteiger partial charge in [-0.2, -0.15) is 0 Å². The van der Waals surface area contributed by atoms with Crippen molar-refractivity contribution in [2.24, 2.45) is 0 Å². The van der Waals surface area contributed by atoms with Crippen LogP contribution >= 0.6 is 0 Å². The van der Waals surface area contributed by atoms with Gasteiger partial charge in [0.15, 0.2) is 0 Å². The van der Waals surface area contributed by atoms with E-state index in [2.05, 4.69) is 0 Å². The van der Waals surface area contributed by atoms with Crippen molar-refractivity contribution in [2.45, 2.75) is 0 Å². The maximum atomic E-state index is 8.58. The van der Waals surface area contributed by atoms with E-state index in [0.29, 0.717) is 0 Å². The van der Waals surface area contributed by atoms with Crippen LogP contribution < -0.4 is 687 Å². The Balaban J connectivity index is -0.00000000435. The van der Waals surface area contributed by atoms with Gasteiger partial charge in [0.05, 0.1) is 0 Å². The van der Waals surface area contributed by atoms with Crippen molar-refractivity contribution >= 4 is 45.2 Å². The van der Waals surface area contributed by atoms with E-state index in [0.717, 1.165) is 0 Å². The Morgan fingerprint density at radius 2 is 0.111 bits per heavy atom. The molecule has 0 fully saturated rings. The molecule has 20 nitrogen and oxygen atoms in total. The summed E-state index contributed by atoms with van der Waals surface area (Å²) in [4.78, 5) is 172. The second-order valence-electron chi connectivity index (χ2n) is 2.50. The summed E-state index contributed by atoms with van der Waals surface area (Å²) < 4.78 is 0. The van der Waals surface area contributed by atoms with Gasteiger partial charge in [-0.25, -0.2) is 0 Å². The Labute approximate surface area is 710 Å². The normalized spacial score (nSPS) is 6.67. The summed E-state index contributed by atoms with van der Waals surface area (Å²) in [6, 6.07) is 0. The maximum Gasteiger partial charge on any atom is 1.00 e. The molecule has 0 spiro atoms. The third-order valence-corrected chi connectivity index (χ3v) is 0. The average Bonchev–Trinajstić information content (AvgIpc) is 1.79. The quantitative estimate of drug-likeness (QED) is 0.204. The Bertz CT molecular complexity index is 210. The van der Waals surface area contributed by atoms with Crippen molar-refractivity contribution < 1.29 is 687 Å². The van der Waals surface area contributed by atoms with Crippen molar-refractivity contribution in [3.8, 4) is 0 Å². The standard InChI is InChI=1S/20Na.5O4Si/c;;;;;;;;;;;;;;;;;;;;5*1-5(2,3)4/q20*+1;5*-4. The molecule has 45 heavy (non-hydrogen) atoms. The molecule has 0 aliphatic rings. The molecule has 0 rings (SSSR count). The predicted molar refractivity (Wildman–Crippen MR) is 28.8 cm³/mol. The zero-order valence-electron chi connectivity index (χ0n) is 30.7. The van der Waals surface area contributed by atoms with E-state index in [1.165, 1.54) is 0 Å². The average molecular weight is 920 g/mol. The fourth-order valence-electron chi connectivity index (χ4n) is 0. The number of hydrogen-bond donors (Lipinski definition) is 0. The monoisotopic (exact) mass is 920 g/mol. The molecule has 0 amide bonds. The van der Waals surface area contributed by atoms with Crippen molar-refractivity contribution in [2.75, 3.05) is 0 Å². The second kappa shape index (κ2) is 102. The Hall–Kier alpha value is 20.3. The van der Waals surface area contributed by atoms with Crippen LogP contribution in [0.25, 0.3) is 0 Å². The zero-order valence-corrected chi connectivity index (χ0v) is 75.7. The molecule has 160 valence electrons.